The van der Waals surface area contributed by atoms with Gasteiger partial charge in [-0.15, -0.1) is 0 Å². The molecule has 1 aromatic carbocycles. The van der Waals surface area contributed by atoms with Gasteiger partial charge in [-0.05, 0) is 30.7 Å². The topological polar surface area (TPSA) is 97.2 Å². The summed E-state index contributed by atoms with van der Waals surface area (Å²) in [4.78, 5) is 16.7. The first-order valence-corrected chi connectivity index (χ1v) is 7.57. The summed E-state index contributed by atoms with van der Waals surface area (Å²) in [5.74, 6) is 0.506. The van der Waals surface area contributed by atoms with Gasteiger partial charge in [0.2, 0.25) is 5.95 Å². The molecule has 0 fully saturated rings. The van der Waals surface area contributed by atoms with E-state index in [2.05, 4.69) is 38.9 Å². The van der Waals surface area contributed by atoms with Gasteiger partial charge in [-0.2, -0.15) is 4.98 Å². The number of nitrogens with zero attached hydrogens (tertiary/aromatic N) is 5. The molecule has 24 heavy (non-hydrogen) atoms. The van der Waals surface area contributed by atoms with Gasteiger partial charge in [0.15, 0.2) is 5.82 Å². The summed E-state index contributed by atoms with van der Waals surface area (Å²) in [7, 11) is 5.97. The van der Waals surface area contributed by atoms with E-state index < -0.39 is 0 Å². The number of hydrogen-bond donors (Lipinski definition) is 2. The largest absolute Gasteiger partial charge is 0.382 e. The standard InChI is InChI=1S/C17H21N7/c1-10-8-12(24(4)13-9-21-17(19)22-16(13)18)11-6-5-7-20-14(11)15(10)23(2)3/h5-9H,1-4H3,(H4,18,19,21,22). The Kier molecular flexibility index (Phi) is 3.84. The highest BCUT2D eigenvalue weighted by atomic mass is 15.2. The predicted octanol–water partition coefficient (Wildman–Crippen LogP) is 2.33. The minimum Gasteiger partial charge on any atom is -0.382 e. The maximum Gasteiger partial charge on any atom is 0.222 e. The van der Waals surface area contributed by atoms with Crippen molar-refractivity contribution in [3.63, 3.8) is 0 Å². The minimum absolute atomic E-state index is 0.162. The molecular weight excluding hydrogens is 302 g/mol. The van der Waals surface area contributed by atoms with Crippen molar-refractivity contribution in [3.05, 3.63) is 36.2 Å². The van der Waals surface area contributed by atoms with Crippen LogP contribution in [0.5, 0.6) is 0 Å². The van der Waals surface area contributed by atoms with Crippen LogP contribution in [0.3, 0.4) is 0 Å². The van der Waals surface area contributed by atoms with Crippen molar-refractivity contribution in [1.29, 1.82) is 0 Å². The molecule has 124 valence electrons. The number of nitrogens with two attached hydrogens (primary N) is 2. The molecule has 0 saturated heterocycles. The molecule has 2 heterocycles. The lowest BCUT2D eigenvalue weighted by molar-refractivity contribution is 1.10. The second-order valence-corrected chi connectivity index (χ2v) is 5.91. The van der Waals surface area contributed by atoms with Gasteiger partial charge in [0.1, 0.15) is 5.69 Å². The Hall–Kier alpha value is -3.09. The molecule has 0 aliphatic heterocycles. The molecule has 0 saturated carbocycles. The highest BCUT2D eigenvalue weighted by molar-refractivity contribution is 6.02. The van der Waals surface area contributed by atoms with Crippen LogP contribution < -0.4 is 21.3 Å². The van der Waals surface area contributed by atoms with Crippen LogP contribution in [-0.2, 0) is 0 Å². The number of aromatic nitrogens is 3. The van der Waals surface area contributed by atoms with Crippen LogP contribution in [0.4, 0.5) is 28.8 Å². The Morgan fingerprint density at radius 1 is 1.04 bits per heavy atom. The SMILES string of the molecule is Cc1cc(N(C)c2cnc(N)nc2N)c2cccnc2c1N(C)C. The third-order valence-corrected chi connectivity index (χ3v) is 4.02. The normalized spacial score (nSPS) is 10.8. The van der Waals surface area contributed by atoms with Crippen molar-refractivity contribution in [1.82, 2.24) is 15.0 Å². The first-order valence-electron chi connectivity index (χ1n) is 7.57. The summed E-state index contributed by atoms with van der Waals surface area (Å²) in [5.41, 5.74) is 16.5. The fourth-order valence-electron chi connectivity index (χ4n) is 2.97. The highest BCUT2D eigenvalue weighted by Gasteiger charge is 2.17. The first kappa shape index (κ1) is 15.8. The third-order valence-electron chi connectivity index (χ3n) is 4.02. The van der Waals surface area contributed by atoms with Crippen LogP contribution in [0, 0.1) is 6.92 Å². The van der Waals surface area contributed by atoms with Gasteiger partial charge in [-0.3, -0.25) is 4.98 Å². The monoisotopic (exact) mass is 323 g/mol. The first-order chi connectivity index (χ1) is 11.4. The zero-order valence-electron chi connectivity index (χ0n) is 14.3. The number of benzene rings is 1. The maximum atomic E-state index is 6.02. The van der Waals surface area contributed by atoms with Gasteiger partial charge in [0.25, 0.3) is 0 Å². The number of rotatable bonds is 3. The summed E-state index contributed by atoms with van der Waals surface area (Å²) >= 11 is 0. The zero-order chi connectivity index (χ0) is 17.4. The molecule has 3 aromatic rings. The summed E-state index contributed by atoms with van der Waals surface area (Å²) in [6.45, 7) is 2.07. The van der Waals surface area contributed by atoms with Crippen molar-refractivity contribution >= 4 is 39.7 Å². The molecule has 0 amide bonds. The molecule has 0 unspecified atom stereocenters. The Labute approximate surface area is 140 Å². The van der Waals surface area contributed by atoms with Crippen LogP contribution in [0.2, 0.25) is 0 Å². The minimum atomic E-state index is 0.162. The lowest BCUT2D eigenvalue weighted by Crippen LogP contribution is -2.16. The van der Waals surface area contributed by atoms with Crippen molar-refractivity contribution in [2.75, 3.05) is 42.4 Å². The average Bonchev–Trinajstić information content (AvgIpc) is 2.53. The lowest BCUT2D eigenvalue weighted by atomic mass is 10.1. The van der Waals surface area contributed by atoms with Crippen molar-refractivity contribution < 1.29 is 0 Å². The number of pyridine rings is 1. The zero-order valence-corrected chi connectivity index (χ0v) is 14.3. The number of aryl methyl sites for hydroxylation is 1. The Balaban J connectivity index is 2.25. The van der Waals surface area contributed by atoms with E-state index in [4.69, 9.17) is 11.5 Å². The van der Waals surface area contributed by atoms with E-state index in [0.29, 0.717) is 11.5 Å². The fourth-order valence-corrected chi connectivity index (χ4v) is 2.97. The average molecular weight is 323 g/mol. The Bertz CT molecular complexity index is 905. The maximum absolute atomic E-state index is 6.02. The molecule has 7 heteroatoms. The quantitative estimate of drug-likeness (QED) is 0.763. The fraction of sp³-hybridized carbons (Fsp3) is 0.235. The van der Waals surface area contributed by atoms with Crippen molar-refractivity contribution in [3.8, 4) is 0 Å². The molecule has 0 radical (unpaired) electrons. The number of hydrogen-bond acceptors (Lipinski definition) is 7. The van der Waals surface area contributed by atoms with E-state index in [9.17, 15) is 0 Å². The predicted molar refractivity (Wildman–Crippen MR) is 99.7 cm³/mol. The van der Waals surface area contributed by atoms with E-state index in [-0.39, 0.29) is 5.95 Å². The number of fused-ring (bicyclic) bond motifs is 1. The Morgan fingerprint density at radius 3 is 2.46 bits per heavy atom. The molecular formula is C17H21N7. The van der Waals surface area contributed by atoms with Gasteiger partial charge in [-0.1, -0.05) is 0 Å². The molecule has 7 nitrogen and oxygen atoms in total. The number of anilines is 5. The summed E-state index contributed by atoms with van der Waals surface area (Å²) in [6.07, 6.45) is 3.44. The molecule has 3 rings (SSSR count). The molecule has 4 N–H and O–H groups in total. The van der Waals surface area contributed by atoms with E-state index in [1.54, 1.807) is 12.4 Å². The lowest BCUT2D eigenvalue weighted by Gasteiger charge is -2.25. The second kappa shape index (κ2) is 5.84. The summed E-state index contributed by atoms with van der Waals surface area (Å²) in [6, 6.07) is 6.10. The van der Waals surface area contributed by atoms with Gasteiger partial charge in [0.05, 0.1) is 23.1 Å². The third kappa shape index (κ3) is 2.54. The van der Waals surface area contributed by atoms with Crippen molar-refractivity contribution in [2.24, 2.45) is 0 Å². The van der Waals surface area contributed by atoms with E-state index >= 15 is 0 Å². The molecule has 0 aliphatic rings. The van der Waals surface area contributed by atoms with Gasteiger partial charge in [-0.25, -0.2) is 4.98 Å². The van der Waals surface area contributed by atoms with E-state index in [1.165, 1.54) is 0 Å². The van der Waals surface area contributed by atoms with Crippen LogP contribution in [-0.4, -0.2) is 36.1 Å². The molecule has 0 aliphatic carbocycles. The molecule has 0 bridgehead atoms. The van der Waals surface area contributed by atoms with Crippen LogP contribution in [0.1, 0.15) is 5.56 Å². The smallest absolute Gasteiger partial charge is 0.222 e. The van der Waals surface area contributed by atoms with E-state index in [1.807, 2.05) is 32.1 Å². The molecule has 0 spiro atoms. The van der Waals surface area contributed by atoms with Gasteiger partial charge >= 0.3 is 0 Å². The molecule has 2 aromatic heterocycles. The second-order valence-electron chi connectivity index (χ2n) is 5.91. The molecule has 0 atom stereocenters. The van der Waals surface area contributed by atoms with Crippen LogP contribution >= 0.6 is 0 Å². The van der Waals surface area contributed by atoms with Crippen LogP contribution in [0.25, 0.3) is 10.9 Å². The number of nitrogen functional groups attached to an aromatic ring is 2. The highest BCUT2D eigenvalue weighted by Crippen LogP contribution is 2.38. The van der Waals surface area contributed by atoms with Gasteiger partial charge < -0.3 is 21.3 Å². The van der Waals surface area contributed by atoms with Crippen LogP contribution in [0.15, 0.2) is 30.6 Å². The Morgan fingerprint density at radius 2 is 1.79 bits per heavy atom. The van der Waals surface area contributed by atoms with Gasteiger partial charge in [0, 0.05) is 32.7 Å². The van der Waals surface area contributed by atoms with E-state index in [0.717, 1.165) is 27.8 Å². The van der Waals surface area contributed by atoms with Crippen molar-refractivity contribution in [2.45, 2.75) is 6.92 Å². The summed E-state index contributed by atoms with van der Waals surface area (Å²) in [5, 5.41) is 1.03. The summed E-state index contributed by atoms with van der Waals surface area (Å²) < 4.78 is 0.